The maximum absolute atomic E-state index is 13.9. The Bertz CT molecular complexity index is 885. The van der Waals surface area contributed by atoms with Gasteiger partial charge in [0, 0.05) is 11.6 Å². The molecule has 2 aromatic carbocycles. The van der Waals surface area contributed by atoms with Crippen molar-refractivity contribution in [3.8, 4) is 0 Å². The number of benzene rings is 2. The van der Waals surface area contributed by atoms with Gasteiger partial charge in [-0.15, -0.1) is 11.6 Å². The lowest BCUT2D eigenvalue weighted by Gasteiger charge is -2.13. The number of halogens is 3. The van der Waals surface area contributed by atoms with Gasteiger partial charge in [-0.05, 0) is 36.2 Å². The highest BCUT2D eigenvalue weighted by molar-refractivity contribution is 6.22. The molecule has 0 bridgehead atoms. The lowest BCUT2D eigenvalue weighted by molar-refractivity contribution is 0.568. The van der Waals surface area contributed by atoms with Gasteiger partial charge in [-0.3, -0.25) is 0 Å². The number of aryl methyl sites for hydroxylation is 1. The van der Waals surface area contributed by atoms with E-state index in [0.717, 1.165) is 6.07 Å². The van der Waals surface area contributed by atoms with Crippen LogP contribution in [0.25, 0.3) is 11.0 Å². The van der Waals surface area contributed by atoms with Crippen LogP contribution in [0.4, 0.5) is 8.78 Å². The molecule has 0 aliphatic heterocycles. The number of aromatic nitrogens is 2. The maximum atomic E-state index is 13.9. The molecule has 2 N–H and O–H groups in total. The number of hydrogen-bond donors (Lipinski definition) is 2. The molecule has 0 amide bonds. The predicted molar refractivity (Wildman–Crippen MR) is 77.7 cm³/mol. The van der Waals surface area contributed by atoms with Gasteiger partial charge in [0.1, 0.15) is 11.6 Å². The van der Waals surface area contributed by atoms with Crippen LogP contribution in [0.5, 0.6) is 0 Å². The molecule has 0 fully saturated rings. The largest absolute Gasteiger partial charge is 0.323 e. The van der Waals surface area contributed by atoms with Crippen molar-refractivity contribution in [1.82, 2.24) is 9.97 Å². The lowest BCUT2D eigenvalue weighted by Crippen LogP contribution is -2.00. The third kappa shape index (κ3) is 2.45. The summed E-state index contributed by atoms with van der Waals surface area (Å²) in [6.45, 7) is 1.55. The van der Waals surface area contributed by atoms with Gasteiger partial charge in [0.2, 0.25) is 0 Å². The molecular weight excluding hydrogens is 298 g/mol. The molecule has 3 nitrogen and oxygen atoms in total. The van der Waals surface area contributed by atoms with Crippen molar-refractivity contribution in [3.05, 3.63) is 69.1 Å². The molecule has 6 heteroatoms. The van der Waals surface area contributed by atoms with Gasteiger partial charge in [-0.2, -0.15) is 0 Å². The van der Waals surface area contributed by atoms with Crippen molar-refractivity contribution in [1.29, 1.82) is 0 Å². The number of fused-ring (bicyclic) bond motifs is 1. The molecule has 1 unspecified atom stereocenters. The second-order valence-corrected chi connectivity index (χ2v) is 5.31. The van der Waals surface area contributed by atoms with Crippen LogP contribution in [0.15, 0.2) is 35.1 Å². The Morgan fingerprint density at radius 3 is 2.52 bits per heavy atom. The number of aromatic amines is 2. The van der Waals surface area contributed by atoms with Crippen LogP contribution < -0.4 is 5.69 Å². The number of nitrogens with one attached hydrogen (secondary N) is 2. The number of hydrogen-bond acceptors (Lipinski definition) is 1. The van der Waals surface area contributed by atoms with Gasteiger partial charge in [0.15, 0.2) is 0 Å². The fraction of sp³-hybridized carbons (Fsp3) is 0.133. The van der Waals surface area contributed by atoms with Crippen molar-refractivity contribution in [2.24, 2.45) is 0 Å². The van der Waals surface area contributed by atoms with E-state index in [9.17, 15) is 13.6 Å². The van der Waals surface area contributed by atoms with Crippen LogP contribution in [-0.4, -0.2) is 9.97 Å². The Hall–Kier alpha value is -2.14. The minimum Gasteiger partial charge on any atom is -0.306 e. The molecule has 3 aromatic rings. The fourth-order valence-corrected chi connectivity index (χ4v) is 2.56. The Balaban J connectivity index is 2.09. The summed E-state index contributed by atoms with van der Waals surface area (Å²) in [6, 6.07) is 7.28. The number of imidazole rings is 1. The molecule has 0 saturated heterocycles. The number of H-pyrrole nitrogens is 2. The van der Waals surface area contributed by atoms with Crippen LogP contribution >= 0.6 is 11.6 Å². The molecule has 1 atom stereocenters. The van der Waals surface area contributed by atoms with E-state index in [4.69, 9.17) is 11.6 Å². The van der Waals surface area contributed by atoms with Crippen molar-refractivity contribution >= 4 is 22.6 Å². The Morgan fingerprint density at radius 1 is 1.05 bits per heavy atom. The zero-order valence-corrected chi connectivity index (χ0v) is 11.8. The smallest absolute Gasteiger partial charge is 0.306 e. The first kappa shape index (κ1) is 13.8. The average molecular weight is 309 g/mol. The molecule has 0 saturated carbocycles. The maximum Gasteiger partial charge on any atom is 0.323 e. The normalized spacial score (nSPS) is 12.8. The van der Waals surface area contributed by atoms with E-state index in [0.29, 0.717) is 22.2 Å². The van der Waals surface area contributed by atoms with Gasteiger partial charge in [0.25, 0.3) is 0 Å². The summed E-state index contributed by atoms with van der Waals surface area (Å²) >= 11 is 6.30. The summed E-state index contributed by atoms with van der Waals surface area (Å²) in [5, 5.41) is -0.771. The number of rotatable bonds is 2. The third-order valence-electron chi connectivity index (χ3n) is 3.38. The van der Waals surface area contributed by atoms with E-state index in [1.54, 1.807) is 25.1 Å². The van der Waals surface area contributed by atoms with Crippen LogP contribution in [0.1, 0.15) is 22.1 Å². The standard InChI is InChI=1S/C15H11ClF2N2O/c1-7-4-9(11(18)6-10(7)17)14(16)8-2-3-12-13(5-8)20-15(21)19-12/h2-6,14H,1H3,(H2,19,20,21). The van der Waals surface area contributed by atoms with E-state index >= 15 is 0 Å². The third-order valence-corrected chi connectivity index (χ3v) is 3.87. The molecule has 0 radical (unpaired) electrons. The summed E-state index contributed by atoms with van der Waals surface area (Å²) < 4.78 is 27.2. The molecule has 21 heavy (non-hydrogen) atoms. The Morgan fingerprint density at radius 2 is 1.76 bits per heavy atom. The second-order valence-electron chi connectivity index (χ2n) is 4.87. The topological polar surface area (TPSA) is 48.6 Å². The molecule has 3 rings (SSSR count). The molecule has 1 aromatic heterocycles. The number of alkyl halides is 1. The van der Waals surface area contributed by atoms with Crippen molar-refractivity contribution < 1.29 is 8.78 Å². The molecule has 0 aliphatic rings. The summed E-state index contributed by atoms with van der Waals surface area (Å²) in [4.78, 5) is 16.5. The second kappa shape index (κ2) is 5.00. The van der Waals surface area contributed by atoms with Crippen molar-refractivity contribution in [2.75, 3.05) is 0 Å². The van der Waals surface area contributed by atoms with E-state index in [1.165, 1.54) is 6.07 Å². The SMILES string of the molecule is Cc1cc(C(Cl)c2ccc3[nH]c(=O)[nH]c3c2)c(F)cc1F. The Kier molecular flexibility index (Phi) is 3.29. The highest BCUT2D eigenvalue weighted by atomic mass is 35.5. The van der Waals surface area contributed by atoms with Crippen LogP contribution in [0.2, 0.25) is 0 Å². The van der Waals surface area contributed by atoms with Gasteiger partial charge >= 0.3 is 5.69 Å². The van der Waals surface area contributed by atoms with Crippen molar-refractivity contribution in [3.63, 3.8) is 0 Å². The summed E-state index contributed by atoms with van der Waals surface area (Å²) in [5.41, 5.74) is 2.05. The Labute approximate surface area is 123 Å². The summed E-state index contributed by atoms with van der Waals surface area (Å²) in [7, 11) is 0. The zero-order chi connectivity index (χ0) is 15.1. The first-order valence-electron chi connectivity index (χ1n) is 6.27. The molecule has 108 valence electrons. The van der Waals surface area contributed by atoms with Gasteiger partial charge in [-0.1, -0.05) is 6.07 Å². The molecule has 0 spiro atoms. The van der Waals surface area contributed by atoms with Crippen LogP contribution in [0, 0.1) is 18.6 Å². The minimum absolute atomic E-state index is 0.202. The lowest BCUT2D eigenvalue weighted by atomic mass is 10.0. The summed E-state index contributed by atoms with van der Waals surface area (Å²) in [5.74, 6) is -1.30. The summed E-state index contributed by atoms with van der Waals surface area (Å²) in [6.07, 6.45) is 0. The molecule has 0 aliphatic carbocycles. The minimum atomic E-state index is -0.771. The van der Waals surface area contributed by atoms with E-state index in [2.05, 4.69) is 9.97 Å². The quantitative estimate of drug-likeness (QED) is 0.696. The van der Waals surface area contributed by atoms with E-state index < -0.39 is 17.0 Å². The predicted octanol–water partition coefficient (Wildman–Crippen LogP) is 3.77. The zero-order valence-electron chi connectivity index (χ0n) is 11.0. The van der Waals surface area contributed by atoms with Crippen LogP contribution in [0.3, 0.4) is 0 Å². The van der Waals surface area contributed by atoms with Crippen molar-refractivity contribution in [2.45, 2.75) is 12.3 Å². The average Bonchev–Trinajstić information content (AvgIpc) is 2.81. The van der Waals surface area contributed by atoms with Crippen LogP contribution in [-0.2, 0) is 0 Å². The van der Waals surface area contributed by atoms with Gasteiger partial charge in [-0.25, -0.2) is 13.6 Å². The van der Waals surface area contributed by atoms with Gasteiger partial charge in [0.05, 0.1) is 16.4 Å². The van der Waals surface area contributed by atoms with E-state index in [-0.39, 0.29) is 11.3 Å². The van der Waals surface area contributed by atoms with Gasteiger partial charge < -0.3 is 9.97 Å². The monoisotopic (exact) mass is 308 g/mol. The van der Waals surface area contributed by atoms with E-state index in [1.807, 2.05) is 0 Å². The first-order chi connectivity index (χ1) is 9.95. The molecule has 1 heterocycles. The highest BCUT2D eigenvalue weighted by Crippen LogP contribution is 2.32. The highest BCUT2D eigenvalue weighted by Gasteiger charge is 2.18. The fourth-order valence-electron chi connectivity index (χ4n) is 2.26. The molecular formula is C15H11ClF2N2O. The first-order valence-corrected chi connectivity index (χ1v) is 6.71.